The van der Waals surface area contributed by atoms with Crippen LogP contribution < -0.4 is 5.01 Å². The van der Waals surface area contributed by atoms with Crippen molar-refractivity contribution in [3.8, 4) is 0 Å². The summed E-state index contributed by atoms with van der Waals surface area (Å²) in [6.07, 6.45) is 5.86. The molecule has 2 heterocycles. The van der Waals surface area contributed by atoms with Crippen LogP contribution in [0.3, 0.4) is 0 Å². The Morgan fingerprint density at radius 1 is 1.24 bits per heavy atom. The van der Waals surface area contributed by atoms with Crippen molar-refractivity contribution in [2.24, 2.45) is 0 Å². The maximum atomic E-state index is 14.1. The van der Waals surface area contributed by atoms with Crippen LogP contribution in [0.5, 0.6) is 0 Å². The molecule has 108 valence electrons. The van der Waals surface area contributed by atoms with Crippen LogP contribution in [-0.4, -0.2) is 16.2 Å². The Morgan fingerprint density at radius 2 is 2.05 bits per heavy atom. The van der Waals surface area contributed by atoms with Crippen molar-refractivity contribution in [2.45, 2.75) is 20.3 Å². The molecule has 0 saturated carbocycles. The van der Waals surface area contributed by atoms with Crippen LogP contribution in [0, 0.1) is 12.7 Å². The molecule has 0 amide bonds. The van der Waals surface area contributed by atoms with Crippen molar-refractivity contribution in [2.75, 3.05) is 11.6 Å². The highest BCUT2D eigenvalue weighted by atomic mass is 19.1. The lowest BCUT2D eigenvalue weighted by molar-refractivity contribution is 0.596. The summed E-state index contributed by atoms with van der Waals surface area (Å²) in [4.78, 5) is 3.84. The molecule has 21 heavy (non-hydrogen) atoms. The SMILES string of the molecule is CCCN(c1ccncc1F)n1cc(C)c2ccccc21. The van der Waals surface area contributed by atoms with E-state index in [1.54, 1.807) is 12.3 Å². The number of anilines is 1. The van der Waals surface area contributed by atoms with Gasteiger partial charge in [0.05, 0.1) is 17.4 Å². The fourth-order valence-corrected chi connectivity index (χ4v) is 2.66. The second kappa shape index (κ2) is 5.56. The molecular weight excluding hydrogens is 265 g/mol. The number of pyridine rings is 1. The zero-order valence-electron chi connectivity index (χ0n) is 12.3. The number of rotatable bonds is 4. The zero-order chi connectivity index (χ0) is 14.8. The average Bonchev–Trinajstić information content (AvgIpc) is 2.83. The molecule has 0 bridgehead atoms. The monoisotopic (exact) mass is 283 g/mol. The Labute approximate surface area is 123 Å². The highest BCUT2D eigenvalue weighted by Crippen LogP contribution is 2.26. The molecule has 4 heteroatoms. The first kappa shape index (κ1) is 13.6. The number of para-hydroxylation sites is 1. The summed E-state index contributed by atoms with van der Waals surface area (Å²) >= 11 is 0. The summed E-state index contributed by atoms with van der Waals surface area (Å²) in [6, 6.07) is 9.90. The smallest absolute Gasteiger partial charge is 0.166 e. The van der Waals surface area contributed by atoms with Gasteiger partial charge >= 0.3 is 0 Å². The number of hydrogen-bond acceptors (Lipinski definition) is 2. The normalized spacial score (nSPS) is 11.0. The van der Waals surface area contributed by atoms with Crippen molar-refractivity contribution in [3.63, 3.8) is 0 Å². The minimum atomic E-state index is -0.304. The molecule has 3 nitrogen and oxygen atoms in total. The summed E-state index contributed by atoms with van der Waals surface area (Å²) in [5, 5.41) is 3.15. The lowest BCUT2D eigenvalue weighted by atomic mass is 10.2. The van der Waals surface area contributed by atoms with E-state index in [2.05, 4.69) is 37.2 Å². The first-order valence-electron chi connectivity index (χ1n) is 7.16. The number of fused-ring (bicyclic) bond motifs is 1. The Balaban J connectivity index is 2.19. The Morgan fingerprint density at radius 3 is 2.81 bits per heavy atom. The third kappa shape index (κ3) is 2.37. The van der Waals surface area contributed by atoms with Crippen LogP contribution in [-0.2, 0) is 0 Å². The number of benzene rings is 1. The summed E-state index contributed by atoms with van der Waals surface area (Å²) in [7, 11) is 0. The highest BCUT2D eigenvalue weighted by Gasteiger charge is 2.15. The molecule has 3 rings (SSSR count). The van der Waals surface area contributed by atoms with Crippen molar-refractivity contribution in [1.29, 1.82) is 0 Å². The van der Waals surface area contributed by atoms with E-state index < -0.39 is 0 Å². The minimum Gasteiger partial charge on any atom is -0.278 e. The van der Waals surface area contributed by atoms with Gasteiger partial charge in [-0.15, -0.1) is 0 Å². The Kier molecular flexibility index (Phi) is 3.60. The standard InChI is InChI=1S/C17H18FN3/c1-3-10-20(17-8-9-19-11-15(17)18)21-12-13(2)14-6-4-5-7-16(14)21/h4-9,11-12H,3,10H2,1-2H3. The van der Waals surface area contributed by atoms with Crippen LogP contribution in [0.1, 0.15) is 18.9 Å². The van der Waals surface area contributed by atoms with Crippen molar-refractivity contribution in [1.82, 2.24) is 9.66 Å². The van der Waals surface area contributed by atoms with Gasteiger partial charge in [-0.3, -0.25) is 14.7 Å². The van der Waals surface area contributed by atoms with Gasteiger partial charge in [0.1, 0.15) is 0 Å². The van der Waals surface area contributed by atoms with E-state index in [1.165, 1.54) is 17.1 Å². The second-order valence-corrected chi connectivity index (χ2v) is 5.12. The number of hydrogen-bond donors (Lipinski definition) is 0. The largest absolute Gasteiger partial charge is 0.278 e. The molecule has 0 spiro atoms. The van der Waals surface area contributed by atoms with Gasteiger partial charge in [0.2, 0.25) is 0 Å². The molecule has 2 aromatic heterocycles. The molecule has 0 N–H and O–H groups in total. The third-order valence-electron chi connectivity index (χ3n) is 3.62. The van der Waals surface area contributed by atoms with Crippen LogP contribution >= 0.6 is 0 Å². The van der Waals surface area contributed by atoms with Gasteiger partial charge < -0.3 is 0 Å². The Hall–Kier alpha value is -2.36. The summed E-state index contributed by atoms with van der Waals surface area (Å²) < 4.78 is 16.2. The van der Waals surface area contributed by atoms with E-state index in [-0.39, 0.29) is 5.82 Å². The van der Waals surface area contributed by atoms with Crippen molar-refractivity contribution >= 4 is 16.6 Å². The topological polar surface area (TPSA) is 21.1 Å². The molecule has 0 aliphatic carbocycles. The lowest BCUT2D eigenvalue weighted by Gasteiger charge is -2.26. The van der Waals surface area contributed by atoms with Crippen LogP contribution in [0.2, 0.25) is 0 Å². The first-order valence-corrected chi connectivity index (χ1v) is 7.16. The molecular formula is C17H18FN3. The highest BCUT2D eigenvalue weighted by molar-refractivity contribution is 5.84. The minimum absolute atomic E-state index is 0.304. The van der Waals surface area contributed by atoms with E-state index in [0.717, 1.165) is 18.5 Å². The van der Waals surface area contributed by atoms with Crippen LogP contribution in [0.25, 0.3) is 10.9 Å². The first-order chi connectivity index (χ1) is 10.2. The summed E-state index contributed by atoms with van der Waals surface area (Å²) in [5.74, 6) is -0.304. The second-order valence-electron chi connectivity index (χ2n) is 5.12. The van der Waals surface area contributed by atoms with E-state index in [0.29, 0.717) is 5.69 Å². The molecule has 0 radical (unpaired) electrons. The zero-order valence-corrected chi connectivity index (χ0v) is 12.3. The van der Waals surface area contributed by atoms with Gasteiger partial charge in [-0.25, -0.2) is 4.39 Å². The molecule has 0 atom stereocenters. The van der Waals surface area contributed by atoms with Gasteiger partial charge in [-0.05, 0) is 31.0 Å². The maximum absolute atomic E-state index is 14.1. The van der Waals surface area contributed by atoms with Gasteiger partial charge in [-0.1, -0.05) is 25.1 Å². The molecule has 1 aromatic carbocycles. The van der Waals surface area contributed by atoms with Gasteiger partial charge in [-0.2, -0.15) is 0 Å². The number of halogens is 1. The summed E-state index contributed by atoms with van der Waals surface area (Å²) in [6.45, 7) is 4.90. The van der Waals surface area contributed by atoms with Crippen LogP contribution in [0.4, 0.5) is 10.1 Å². The van der Waals surface area contributed by atoms with Gasteiger partial charge in [0.25, 0.3) is 0 Å². The Bertz CT molecular complexity index is 764. The van der Waals surface area contributed by atoms with Gasteiger partial charge in [0.15, 0.2) is 5.82 Å². The predicted octanol–water partition coefficient (Wildman–Crippen LogP) is 4.16. The number of nitrogens with zero attached hydrogens (tertiary/aromatic N) is 3. The van der Waals surface area contributed by atoms with Gasteiger partial charge in [0, 0.05) is 24.3 Å². The average molecular weight is 283 g/mol. The summed E-state index contributed by atoms with van der Waals surface area (Å²) in [5.41, 5.74) is 2.81. The third-order valence-corrected chi connectivity index (χ3v) is 3.62. The fraction of sp³-hybridized carbons (Fsp3) is 0.235. The maximum Gasteiger partial charge on any atom is 0.166 e. The van der Waals surface area contributed by atoms with E-state index in [1.807, 2.05) is 21.8 Å². The molecule has 0 unspecified atom stereocenters. The fourth-order valence-electron chi connectivity index (χ4n) is 2.66. The van der Waals surface area contributed by atoms with Crippen molar-refractivity contribution in [3.05, 3.63) is 60.3 Å². The molecule has 0 aliphatic rings. The molecule has 0 saturated heterocycles. The van der Waals surface area contributed by atoms with E-state index >= 15 is 0 Å². The lowest BCUT2D eigenvalue weighted by Crippen LogP contribution is -2.30. The van der Waals surface area contributed by atoms with E-state index in [9.17, 15) is 4.39 Å². The van der Waals surface area contributed by atoms with Crippen LogP contribution in [0.15, 0.2) is 48.9 Å². The van der Waals surface area contributed by atoms with Crippen molar-refractivity contribution < 1.29 is 4.39 Å². The quantitative estimate of drug-likeness (QED) is 0.716. The number of aryl methyl sites for hydroxylation is 1. The molecule has 0 aliphatic heterocycles. The molecule has 0 fully saturated rings. The van der Waals surface area contributed by atoms with E-state index in [4.69, 9.17) is 0 Å². The number of aromatic nitrogens is 2. The predicted molar refractivity (Wildman–Crippen MR) is 83.9 cm³/mol. The molecule has 3 aromatic rings.